The van der Waals surface area contributed by atoms with Crippen molar-refractivity contribution in [2.45, 2.75) is 50.3 Å². The Hall–Kier alpha value is -0.160. The Morgan fingerprint density at radius 3 is 2.72 bits per heavy atom. The maximum Gasteiger partial charge on any atom is 0.0702 e. The molecule has 0 amide bonds. The zero-order chi connectivity index (χ0) is 13.2. The lowest BCUT2D eigenvalue weighted by atomic mass is 9.93. The molecule has 2 aliphatic heterocycles. The molecule has 4 heteroatoms. The first-order chi connectivity index (χ1) is 8.57. The minimum Gasteiger partial charge on any atom is -0.377 e. The first-order valence-corrected chi connectivity index (χ1v) is 7.30. The molecule has 2 rings (SSSR count). The third-order valence-electron chi connectivity index (χ3n) is 4.91. The summed E-state index contributed by atoms with van der Waals surface area (Å²) < 4.78 is 5.86. The van der Waals surface area contributed by atoms with E-state index in [1.165, 1.54) is 25.7 Å². The van der Waals surface area contributed by atoms with Crippen molar-refractivity contribution in [2.75, 3.05) is 40.3 Å². The van der Waals surface area contributed by atoms with Gasteiger partial charge in [-0.15, -0.1) is 0 Å². The number of nitrogens with two attached hydrogens (primary N) is 1. The largest absolute Gasteiger partial charge is 0.377 e. The quantitative estimate of drug-likeness (QED) is 0.811. The molecule has 2 saturated heterocycles. The maximum absolute atomic E-state index is 6.09. The Labute approximate surface area is 111 Å². The molecule has 2 aliphatic rings. The van der Waals surface area contributed by atoms with Crippen LogP contribution in [0.5, 0.6) is 0 Å². The van der Waals surface area contributed by atoms with Gasteiger partial charge in [0.2, 0.25) is 0 Å². The standard InChI is InChI=1S/C14H29N3O/c1-12-8-14(10-15,11-16(12)2)17(3)9-13-6-4-5-7-18-13/h12-13H,4-11,15H2,1-3H3. The molecule has 0 aromatic heterocycles. The molecule has 2 fully saturated rings. The van der Waals surface area contributed by atoms with Crippen LogP contribution in [0.2, 0.25) is 0 Å². The second-order valence-corrected chi connectivity index (χ2v) is 6.27. The molecule has 2 heterocycles. The smallest absolute Gasteiger partial charge is 0.0702 e. The zero-order valence-electron chi connectivity index (χ0n) is 12.2. The number of rotatable bonds is 4. The normalized spacial score (nSPS) is 38.5. The topological polar surface area (TPSA) is 41.7 Å². The fourth-order valence-electron chi connectivity index (χ4n) is 3.42. The van der Waals surface area contributed by atoms with Gasteiger partial charge < -0.3 is 15.4 Å². The Kier molecular flexibility index (Phi) is 4.64. The highest BCUT2D eigenvalue weighted by molar-refractivity contribution is 5.02. The average Bonchev–Trinajstić information content (AvgIpc) is 2.68. The summed E-state index contributed by atoms with van der Waals surface area (Å²) in [5.74, 6) is 0. The van der Waals surface area contributed by atoms with Gasteiger partial charge in [0.25, 0.3) is 0 Å². The minimum atomic E-state index is 0.148. The van der Waals surface area contributed by atoms with Gasteiger partial charge in [0, 0.05) is 37.8 Å². The molecule has 106 valence electrons. The van der Waals surface area contributed by atoms with E-state index in [0.717, 1.165) is 26.2 Å². The summed E-state index contributed by atoms with van der Waals surface area (Å²) in [6.45, 7) is 6.07. The summed E-state index contributed by atoms with van der Waals surface area (Å²) >= 11 is 0. The molecule has 0 aromatic rings. The summed E-state index contributed by atoms with van der Waals surface area (Å²) in [6, 6.07) is 0.628. The zero-order valence-corrected chi connectivity index (χ0v) is 12.2. The van der Waals surface area contributed by atoms with Crippen LogP contribution in [0.15, 0.2) is 0 Å². The third-order valence-corrected chi connectivity index (χ3v) is 4.91. The van der Waals surface area contributed by atoms with Gasteiger partial charge in [0.15, 0.2) is 0 Å². The van der Waals surface area contributed by atoms with Gasteiger partial charge in [-0.25, -0.2) is 0 Å². The predicted octanol–water partition coefficient (Wildman–Crippen LogP) is 0.909. The number of likely N-dealkylation sites (tertiary alicyclic amines) is 1. The number of hydrogen-bond acceptors (Lipinski definition) is 4. The van der Waals surface area contributed by atoms with Crippen molar-refractivity contribution in [3.05, 3.63) is 0 Å². The van der Waals surface area contributed by atoms with E-state index in [0.29, 0.717) is 12.1 Å². The summed E-state index contributed by atoms with van der Waals surface area (Å²) in [5, 5.41) is 0. The Bertz CT molecular complexity index is 256. The van der Waals surface area contributed by atoms with Crippen molar-refractivity contribution in [2.24, 2.45) is 5.73 Å². The van der Waals surface area contributed by atoms with Crippen molar-refractivity contribution in [1.29, 1.82) is 0 Å². The van der Waals surface area contributed by atoms with Crippen LogP contribution < -0.4 is 5.73 Å². The third kappa shape index (κ3) is 2.87. The molecule has 4 nitrogen and oxygen atoms in total. The van der Waals surface area contributed by atoms with E-state index in [4.69, 9.17) is 10.5 Å². The van der Waals surface area contributed by atoms with Crippen molar-refractivity contribution in [3.63, 3.8) is 0 Å². The molecule has 0 aromatic carbocycles. The first-order valence-electron chi connectivity index (χ1n) is 7.30. The van der Waals surface area contributed by atoms with Crippen LogP contribution in [0.25, 0.3) is 0 Å². The van der Waals surface area contributed by atoms with E-state index in [-0.39, 0.29) is 5.54 Å². The van der Waals surface area contributed by atoms with Gasteiger partial charge in [0.1, 0.15) is 0 Å². The van der Waals surface area contributed by atoms with Crippen molar-refractivity contribution < 1.29 is 4.74 Å². The first kappa shape index (κ1) is 14.3. The highest BCUT2D eigenvalue weighted by atomic mass is 16.5. The molecule has 0 saturated carbocycles. The van der Waals surface area contributed by atoms with Crippen LogP contribution in [0.1, 0.15) is 32.6 Å². The van der Waals surface area contributed by atoms with Gasteiger partial charge in [-0.05, 0) is 46.7 Å². The van der Waals surface area contributed by atoms with E-state index < -0.39 is 0 Å². The predicted molar refractivity (Wildman–Crippen MR) is 74.7 cm³/mol. The van der Waals surface area contributed by atoms with Crippen LogP contribution in [-0.4, -0.2) is 67.8 Å². The highest BCUT2D eigenvalue weighted by Gasteiger charge is 2.43. The monoisotopic (exact) mass is 255 g/mol. The van der Waals surface area contributed by atoms with Gasteiger partial charge in [-0.1, -0.05) is 0 Å². The second kappa shape index (κ2) is 5.87. The maximum atomic E-state index is 6.09. The van der Waals surface area contributed by atoms with Crippen LogP contribution in [0.4, 0.5) is 0 Å². The van der Waals surface area contributed by atoms with Crippen LogP contribution >= 0.6 is 0 Å². The Morgan fingerprint density at radius 2 is 2.22 bits per heavy atom. The molecule has 0 aliphatic carbocycles. The van der Waals surface area contributed by atoms with E-state index in [9.17, 15) is 0 Å². The lowest BCUT2D eigenvalue weighted by Gasteiger charge is -2.40. The lowest BCUT2D eigenvalue weighted by molar-refractivity contribution is -0.0208. The molecule has 18 heavy (non-hydrogen) atoms. The fourth-order valence-corrected chi connectivity index (χ4v) is 3.42. The van der Waals surface area contributed by atoms with E-state index in [1.54, 1.807) is 0 Å². The van der Waals surface area contributed by atoms with E-state index in [1.807, 2.05) is 0 Å². The molecular weight excluding hydrogens is 226 g/mol. The number of hydrogen-bond donors (Lipinski definition) is 1. The summed E-state index contributed by atoms with van der Waals surface area (Å²) in [7, 11) is 4.42. The second-order valence-electron chi connectivity index (χ2n) is 6.27. The van der Waals surface area contributed by atoms with Gasteiger partial charge in [-0.3, -0.25) is 4.90 Å². The minimum absolute atomic E-state index is 0.148. The van der Waals surface area contributed by atoms with Gasteiger partial charge in [-0.2, -0.15) is 0 Å². The highest BCUT2D eigenvalue weighted by Crippen LogP contribution is 2.30. The summed E-state index contributed by atoms with van der Waals surface area (Å²) in [6.07, 6.45) is 5.32. The molecule has 0 radical (unpaired) electrons. The average molecular weight is 255 g/mol. The molecule has 0 bridgehead atoms. The molecular formula is C14H29N3O. The van der Waals surface area contributed by atoms with Crippen molar-refractivity contribution in [1.82, 2.24) is 9.80 Å². The molecule has 0 spiro atoms. The Balaban J connectivity index is 1.95. The van der Waals surface area contributed by atoms with Crippen LogP contribution in [0, 0.1) is 0 Å². The van der Waals surface area contributed by atoms with Crippen molar-refractivity contribution in [3.8, 4) is 0 Å². The fraction of sp³-hybridized carbons (Fsp3) is 1.00. The van der Waals surface area contributed by atoms with Gasteiger partial charge >= 0.3 is 0 Å². The summed E-state index contributed by atoms with van der Waals surface area (Å²) in [5.41, 5.74) is 6.24. The molecule has 2 N–H and O–H groups in total. The van der Waals surface area contributed by atoms with Gasteiger partial charge in [0.05, 0.1) is 6.10 Å². The lowest BCUT2D eigenvalue weighted by Crippen LogP contribution is -2.56. The molecule has 3 atom stereocenters. The van der Waals surface area contributed by atoms with E-state index in [2.05, 4.69) is 30.8 Å². The Morgan fingerprint density at radius 1 is 1.44 bits per heavy atom. The van der Waals surface area contributed by atoms with Crippen molar-refractivity contribution >= 4 is 0 Å². The summed E-state index contributed by atoms with van der Waals surface area (Å²) in [4.78, 5) is 4.88. The van der Waals surface area contributed by atoms with Crippen LogP contribution in [-0.2, 0) is 4.74 Å². The number of likely N-dealkylation sites (N-methyl/N-ethyl adjacent to an activating group) is 2. The molecule has 3 unspecified atom stereocenters. The van der Waals surface area contributed by atoms with Crippen LogP contribution in [0.3, 0.4) is 0 Å². The SMILES string of the molecule is CC1CC(CN)(N(C)CC2CCCCO2)CN1C. The van der Waals surface area contributed by atoms with E-state index >= 15 is 0 Å². The number of ether oxygens (including phenoxy) is 1. The number of nitrogens with zero attached hydrogens (tertiary/aromatic N) is 2.